The van der Waals surface area contributed by atoms with Gasteiger partial charge in [0.05, 0.1) is 33.5 Å². The number of aromatic nitrogens is 4. The normalized spacial score (nSPS) is 16.4. The Labute approximate surface area is 253 Å². The van der Waals surface area contributed by atoms with E-state index in [9.17, 15) is 9.65 Å². The van der Waals surface area contributed by atoms with Gasteiger partial charge in [0.1, 0.15) is 11.6 Å². The summed E-state index contributed by atoms with van der Waals surface area (Å²) in [5, 5.41) is 28.2. The van der Waals surface area contributed by atoms with Crippen LogP contribution >= 0.6 is 11.6 Å². The summed E-state index contributed by atoms with van der Waals surface area (Å²) in [6.07, 6.45) is 5.15. The summed E-state index contributed by atoms with van der Waals surface area (Å²) in [5.74, 6) is 0.484. The van der Waals surface area contributed by atoms with Crippen molar-refractivity contribution in [3.63, 3.8) is 0 Å². The minimum Gasteiger partial charge on any atom is -0.423 e. The van der Waals surface area contributed by atoms with Gasteiger partial charge in [0.2, 0.25) is 17.7 Å². The first kappa shape index (κ1) is 28.6. The first-order valence-electron chi connectivity index (χ1n) is 14.0. The number of rotatable bonds is 8. The summed E-state index contributed by atoms with van der Waals surface area (Å²) in [6, 6.07) is 8.52. The average Bonchev–Trinajstić information content (AvgIpc) is 3.38. The number of aryl methyl sites for hydroxylation is 2. The number of hydrazine groups is 2. The Hall–Kier alpha value is -4.47. The first-order valence-corrected chi connectivity index (χ1v) is 14.3. The van der Waals surface area contributed by atoms with Gasteiger partial charge in [0.15, 0.2) is 0 Å². The molecular weight excluding hydrogens is 571 g/mol. The molecule has 1 aliphatic carbocycles. The van der Waals surface area contributed by atoms with Crippen LogP contribution in [0.25, 0.3) is 10.9 Å². The van der Waals surface area contributed by atoms with Crippen LogP contribution in [0.5, 0.6) is 0 Å². The van der Waals surface area contributed by atoms with Crippen molar-refractivity contribution in [2.45, 2.75) is 59.0 Å². The quantitative estimate of drug-likeness (QED) is 0.183. The molecular formula is C30H32ClFN10O. The second kappa shape index (κ2) is 10.7. The monoisotopic (exact) mass is 602 g/mol. The Morgan fingerprint density at radius 3 is 2.67 bits per heavy atom. The number of pyridine rings is 2. The van der Waals surface area contributed by atoms with Gasteiger partial charge in [0, 0.05) is 48.2 Å². The Balaban J connectivity index is 1.41. The van der Waals surface area contributed by atoms with Gasteiger partial charge in [0.25, 0.3) is 0 Å². The Morgan fingerprint density at radius 2 is 2.02 bits per heavy atom. The molecule has 0 spiro atoms. The van der Waals surface area contributed by atoms with E-state index in [4.69, 9.17) is 16.0 Å². The van der Waals surface area contributed by atoms with Gasteiger partial charge < -0.3 is 20.5 Å². The standard InChI is InChI=1S/C30H32ClFN10O/c1-16-20(6-7-24(32)36-16)27(23-14-42(41-39-23)30(8-9-30)28-40-38-17(2)43-28)37-19-10-21-25(35-15-29(3,4)5)18(12-33)13-34-26(21)22(31)11-19/h6-7,10-11,13-14,27,37,39,41H,8-9,15H2,1-5H3,(H,34,35)/t27-/m0/s1. The van der Waals surface area contributed by atoms with Gasteiger partial charge in [-0.1, -0.05) is 38.4 Å². The van der Waals surface area contributed by atoms with E-state index in [1.165, 1.54) is 12.3 Å². The van der Waals surface area contributed by atoms with Gasteiger partial charge in [-0.25, -0.2) is 4.98 Å². The zero-order valence-electron chi connectivity index (χ0n) is 24.5. The highest BCUT2D eigenvalue weighted by Crippen LogP contribution is 2.51. The third kappa shape index (κ3) is 5.53. The maximum atomic E-state index is 14.1. The summed E-state index contributed by atoms with van der Waals surface area (Å²) in [6.45, 7) is 10.5. The van der Waals surface area contributed by atoms with E-state index in [2.05, 4.69) is 68.6 Å². The molecule has 1 aromatic carbocycles. The summed E-state index contributed by atoms with van der Waals surface area (Å²) >= 11 is 6.77. The molecule has 0 bridgehead atoms. The number of nitrogens with one attached hydrogen (secondary N) is 4. The number of nitriles is 1. The molecule has 4 N–H and O–H groups in total. The number of nitrogens with zero attached hydrogens (tertiary/aromatic N) is 6. The fourth-order valence-corrected chi connectivity index (χ4v) is 5.44. The lowest BCUT2D eigenvalue weighted by atomic mass is 9.96. The smallest absolute Gasteiger partial charge is 0.243 e. The van der Waals surface area contributed by atoms with Gasteiger partial charge in [-0.2, -0.15) is 9.65 Å². The van der Waals surface area contributed by atoms with E-state index in [0.29, 0.717) is 56.9 Å². The number of benzene rings is 1. The third-order valence-corrected chi connectivity index (χ3v) is 7.85. The zero-order chi connectivity index (χ0) is 30.5. The van der Waals surface area contributed by atoms with Crippen LogP contribution in [-0.4, -0.2) is 31.7 Å². The van der Waals surface area contributed by atoms with Crippen LogP contribution in [0.2, 0.25) is 5.02 Å². The van der Waals surface area contributed by atoms with Crippen LogP contribution in [0.4, 0.5) is 15.8 Å². The lowest BCUT2D eigenvalue weighted by Crippen LogP contribution is -2.43. The van der Waals surface area contributed by atoms with Crippen molar-refractivity contribution in [2.75, 3.05) is 17.2 Å². The zero-order valence-corrected chi connectivity index (χ0v) is 25.3. The molecule has 2 aliphatic rings. The molecule has 0 radical (unpaired) electrons. The lowest BCUT2D eigenvalue weighted by molar-refractivity contribution is 0.147. The molecule has 3 aromatic heterocycles. The van der Waals surface area contributed by atoms with Crippen LogP contribution < -0.4 is 21.6 Å². The van der Waals surface area contributed by atoms with Crippen LogP contribution in [0.1, 0.15) is 68.3 Å². The Bertz CT molecular complexity index is 1790. The molecule has 1 fully saturated rings. The largest absolute Gasteiger partial charge is 0.423 e. The maximum Gasteiger partial charge on any atom is 0.243 e. The molecule has 1 atom stereocenters. The molecule has 43 heavy (non-hydrogen) atoms. The van der Waals surface area contributed by atoms with Crippen molar-refractivity contribution in [1.29, 1.82) is 5.26 Å². The molecule has 1 aliphatic heterocycles. The van der Waals surface area contributed by atoms with Crippen LogP contribution in [0.3, 0.4) is 0 Å². The van der Waals surface area contributed by atoms with E-state index in [-0.39, 0.29) is 5.41 Å². The minimum absolute atomic E-state index is 0.0293. The van der Waals surface area contributed by atoms with Crippen molar-refractivity contribution in [3.8, 4) is 6.07 Å². The summed E-state index contributed by atoms with van der Waals surface area (Å²) in [7, 11) is 0. The number of halogens is 2. The molecule has 0 amide bonds. The summed E-state index contributed by atoms with van der Waals surface area (Å²) < 4.78 is 19.8. The molecule has 6 rings (SSSR count). The maximum absolute atomic E-state index is 14.1. The SMILES string of the molecule is Cc1nnc(C2(N3C=C([C@@H](Nc4cc(Cl)c5ncc(C#N)c(NCC(C)(C)C)c5c4)c4ccc(F)nc4C)NN3)CC2)o1. The lowest BCUT2D eigenvalue weighted by Gasteiger charge is -2.24. The van der Waals surface area contributed by atoms with E-state index >= 15 is 0 Å². The Morgan fingerprint density at radius 1 is 1.23 bits per heavy atom. The third-order valence-electron chi connectivity index (χ3n) is 7.56. The molecule has 4 heterocycles. The van der Waals surface area contributed by atoms with Crippen molar-refractivity contribution < 1.29 is 8.81 Å². The van der Waals surface area contributed by atoms with Crippen LogP contribution in [-0.2, 0) is 5.54 Å². The fraction of sp³-hybridized carbons (Fsp3) is 0.367. The number of anilines is 2. The molecule has 0 saturated heterocycles. The topological polar surface area (TPSA) is 140 Å². The van der Waals surface area contributed by atoms with Gasteiger partial charge in [-0.15, -0.1) is 15.7 Å². The molecule has 1 saturated carbocycles. The van der Waals surface area contributed by atoms with Gasteiger partial charge in [-0.3, -0.25) is 9.99 Å². The minimum atomic E-state index is -0.560. The fourth-order valence-electron chi connectivity index (χ4n) is 5.17. The second-order valence-electron chi connectivity index (χ2n) is 12.2. The second-order valence-corrected chi connectivity index (χ2v) is 12.6. The predicted octanol–water partition coefficient (Wildman–Crippen LogP) is 5.76. The van der Waals surface area contributed by atoms with Crippen molar-refractivity contribution in [3.05, 3.63) is 81.9 Å². The number of hydrogen-bond donors (Lipinski definition) is 4. The highest BCUT2D eigenvalue weighted by atomic mass is 35.5. The Kier molecular flexibility index (Phi) is 7.10. The summed E-state index contributed by atoms with van der Waals surface area (Å²) in [4.78, 5) is 8.56. The van der Waals surface area contributed by atoms with Crippen LogP contribution in [0, 0.1) is 36.5 Å². The highest BCUT2D eigenvalue weighted by Gasteiger charge is 2.55. The van der Waals surface area contributed by atoms with Crippen molar-refractivity contribution in [2.24, 2.45) is 5.41 Å². The molecule has 222 valence electrons. The highest BCUT2D eigenvalue weighted by molar-refractivity contribution is 6.35. The van der Waals surface area contributed by atoms with Crippen LogP contribution in [0.15, 0.2) is 46.8 Å². The first-order chi connectivity index (χ1) is 20.5. The van der Waals surface area contributed by atoms with E-state index in [1.807, 2.05) is 17.3 Å². The van der Waals surface area contributed by atoms with Gasteiger partial charge in [-0.05, 0) is 43.4 Å². The van der Waals surface area contributed by atoms with E-state index in [0.717, 1.165) is 24.1 Å². The number of fused-ring (bicyclic) bond motifs is 1. The van der Waals surface area contributed by atoms with Crippen molar-refractivity contribution in [1.82, 2.24) is 36.1 Å². The summed E-state index contributed by atoms with van der Waals surface area (Å²) in [5.41, 5.74) is 10.4. The molecule has 4 aromatic rings. The predicted molar refractivity (Wildman–Crippen MR) is 161 cm³/mol. The van der Waals surface area contributed by atoms with Gasteiger partial charge >= 0.3 is 0 Å². The molecule has 11 nitrogen and oxygen atoms in total. The molecule has 13 heteroatoms. The van der Waals surface area contributed by atoms with E-state index < -0.39 is 17.5 Å². The average molecular weight is 603 g/mol. The van der Waals surface area contributed by atoms with Crippen molar-refractivity contribution >= 4 is 33.9 Å². The number of hydrogen-bond acceptors (Lipinski definition) is 11. The molecule has 0 unspecified atom stereocenters. The van der Waals surface area contributed by atoms with E-state index in [1.54, 1.807) is 26.0 Å².